The number of piperidine rings is 1. The van der Waals surface area contributed by atoms with Gasteiger partial charge in [0.2, 0.25) is 5.91 Å². The number of carbonyl (C=O) groups excluding carboxylic acids is 1. The van der Waals surface area contributed by atoms with Crippen LogP contribution >= 0.6 is 0 Å². The number of likely N-dealkylation sites (tertiary alicyclic amines) is 1. The van der Waals surface area contributed by atoms with Gasteiger partial charge in [0.05, 0.1) is 0 Å². The zero-order valence-electron chi connectivity index (χ0n) is 12.3. The van der Waals surface area contributed by atoms with E-state index in [1.807, 2.05) is 27.7 Å². The highest BCUT2D eigenvalue weighted by Crippen LogP contribution is 2.26. The molecule has 0 saturated carbocycles. The topological polar surface area (TPSA) is 83.6 Å². The van der Waals surface area contributed by atoms with E-state index in [0.29, 0.717) is 18.9 Å². The van der Waals surface area contributed by atoms with E-state index < -0.39 is 12.0 Å². The molecule has 0 bridgehead atoms. The molecule has 0 aromatic heterocycles. The Bertz CT molecular complexity index is 349. The first-order valence-corrected chi connectivity index (χ1v) is 6.90. The minimum Gasteiger partial charge on any atom is -0.480 e. The second-order valence-electron chi connectivity index (χ2n) is 6.75. The maximum Gasteiger partial charge on any atom is 0.326 e. The minimum absolute atomic E-state index is 0.137. The van der Waals surface area contributed by atoms with Crippen LogP contribution in [0.4, 0.5) is 0 Å². The molecule has 0 aromatic carbocycles. The van der Waals surface area contributed by atoms with Gasteiger partial charge in [-0.15, -0.1) is 0 Å². The highest BCUT2D eigenvalue weighted by molar-refractivity contribution is 5.84. The van der Waals surface area contributed by atoms with Crippen molar-refractivity contribution >= 4 is 11.9 Å². The van der Waals surface area contributed by atoms with Crippen molar-refractivity contribution in [3.63, 3.8) is 0 Å². The Balaban J connectivity index is 2.71. The number of amides is 1. The lowest BCUT2D eigenvalue weighted by Gasteiger charge is -2.37. The second-order valence-corrected chi connectivity index (χ2v) is 6.75. The summed E-state index contributed by atoms with van der Waals surface area (Å²) in [6.45, 7) is 8.50. The number of nitrogens with two attached hydrogens (primary N) is 1. The smallest absolute Gasteiger partial charge is 0.326 e. The molecule has 0 radical (unpaired) electrons. The fraction of sp³-hybridized carbons (Fsp3) is 0.857. The van der Waals surface area contributed by atoms with Gasteiger partial charge in [0.25, 0.3) is 0 Å². The maximum absolute atomic E-state index is 12.3. The summed E-state index contributed by atoms with van der Waals surface area (Å²) in [5.41, 5.74) is 5.86. The van der Waals surface area contributed by atoms with E-state index in [0.717, 1.165) is 6.42 Å². The molecule has 3 N–H and O–H groups in total. The van der Waals surface area contributed by atoms with Gasteiger partial charge < -0.3 is 15.7 Å². The number of hydrogen-bond donors (Lipinski definition) is 2. The average molecular weight is 270 g/mol. The normalized spacial score (nSPS) is 26.1. The van der Waals surface area contributed by atoms with E-state index in [9.17, 15) is 14.7 Å². The van der Waals surface area contributed by atoms with E-state index >= 15 is 0 Å². The number of carbonyl (C=O) groups is 2. The third-order valence-corrected chi connectivity index (χ3v) is 3.98. The van der Waals surface area contributed by atoms with Crippen LogP contribution < -0.4 is 5.73 Å². The molecular formula is C14H26N2O3. The van der Waals surface area contributed by atoms with Crippen LogP contribution in [-0.2, 0) is 9.59 Å². The zero-order chi connectivity index (χ0) is 14.8. The Morgan fingerprint density at radius 1 is 1.42 bits per heavy atom. The van der Waals surface area contributed by atoms with Gasteiger partial charge >= 0.3 is 5.97 Å². The quantitative estimate of drug-likeness (QED) is 0.813. The van der Waals surface area contributed by atoms with Crippen LogP contribution in [0.25, 0.3) is 0 Å². The highest BCUT2D eigenvalue weighted by Gasteiger charge is 2.36. The van der Waals surface area contributed by atoms with Crippen molar-refractivity contribution in [2.45, 2.75) is 59.0 Å². The lowest BCUT2D eigenvalue weighted by molar-refractivity contribution is -0.153. The molecule has 1 aliphatic heterocycles. The van der Waals surface area contributed by atoms with Crippen LogP contribution in [0.1, 0.15) is 47.0 Å². The minimum atomic E-state index is -0.913. The molecule has 1 rings (SSSR count). The van der Waals surface area contributed by atoms with E-state index in [2.05, 4.69) is 0 Å². The molecule has 1 aliphatic rings. The Labute approximate surface area is 115 Å². The van der Waals surface area contributed by atoms with Crippen molar-refractivity contribution < 1.29 is 14.7 Å². The lowest BCUT2D eigenvalue weighted by Crippen LogP contribution is -2.51. The predicted octanol–water partition coefficient (Wildman–Crippen LogP) is 1.46. The van der Waals surface area contributed by atoms with Gasteiger partial charge in [-0.1, -0.05) is 27.7 Å². The van der Waals surface area contributed by atoms with Crippen LogP contribution in [0.15, 0.2) is 0 Å². The molecule has 1 heterocycles. The van der Waals surface area contributed by atoms with Crippen molar-refractivity contribution in [3.05, 3.63) is 0 Å². The summed E-state index contributed by atoms with van der Waals surface area (Å²) in [6, 6.07) is -0.947. The summed E-state index contributed by atoms with van der Waals surface area (Å²) in [6.07, 6.45) is 1.60. The van der Waals surface area contributed by atoms with Crippen LogP contribution in [0.3, 0.4) is 0 Å². The molecule has 0 aliphatic carbocycles. The largest absolute Gasteiger partial charge is 0.480 e. The number of carboxylic acids is 1. The zero-order valence-corrected chi connectivity index (χ0v) is 12.3. The fourth-order valence-electron chi connectivity index (χ4n) is 2.29. The van der Waals surface area contributed by atoms with Crippen LogP contribution in [-0.4, -0.2) is 40.5 Å². The van der Waals surface area contributed by atoms with Crippen molar-refractivity contribution in [2.75, 3.05) is 6.54 Å². The monoisotopic (exact) mass is 270 g/mol. The van der Waals surface area contributed by atoms with Gasteiger partial charge in [-0.25, -0.2) is 4.79 Å². The van der Waals surface area contributed by atoms with Gasteiger partial charge in [0, 0.05) is 19.0 Å². The number of hydrogen-bond acceptors (Lipinski definition) is 3. The Morgan fingerprint density at radius 3 is 2.47 bits per heavy atom. The maximum atomic E-state index is 12.3. The highest BCUT2D eigenvalue weighted by atomic mass is 16.4. The first-order valence-electron chi connectivity index (χ1n) is 6.90. The molecular weight excluding hydrogens is 244 g/mol. The summed E-state index contributed by atoms with van der Waals surface area (Å²) in [4.78, 5) is 25.0. The molecule has 3 atom stereocenters. The van der Waals surface area contributed by atoms with Gasteiger partial charge in [-0.2, -0.15) is 0 Å². The van der Waals surface area contributed by atoms with Gasteiger partial charge in [0.15, 0.2) is 0 Å². The third kappa shape index (κ3) is 4.20. The molecule has 0 spiro atoms. The van der Waals surface area contributed by atoms with E-state index in [1.54, 1.807) is 0 Å². The van der Waals surface area contributed by atoms with E-state index in [1.165, 1.54) is 4.90 Å². The molecule has 19 heavy (non-hydrogen) atoms. The molecule has 1 fully saturated rings. The number of nitrogens with zero attached hydrogens (tertiary/aromatic N) is 1. The SMILES string of the molecule is CC1CCN(C(=O)CC(N)C(C)(C)C)C(C(=O)O)C1. The van der Waals surface area contributed by atoms with E-state index in [4.69, 9.17) is 5.73 Å². The van der Waals surface area contributed by atoms with Gasteiger partial charge in [-0.3, -0.25) is 4.79 Å². The standard InChI is InChI=1S/C14H26N2O3/c1-9-5-6-16(10(7-9)13(18)19)12(17)8-11(15)14(2,3)4/h9-11H,5-8,15H2,1-4H3,(H,18,19). The molecule has 110 valence electrons. The fourth-order valence-corrected chi connectivity index (χ4v) is 2.29. The van der Waals surface area contributed by atoms with Crippen molar-refractivity contribution in [2.24, 2.45) is 17.1 Å². The van der Waals surface area contributed by atoms with Gasteiger partial charge in [0.1, 0.15) is 6.04 Å². The lowest BCUT2D eigenvalue weighted by atomic mass is 9.84. The number of carboxylic acid groups (broad SMARTS) is 1. The van der Waals surface area contributed by atoms with Crippen LogP contribution in [0.5, 0.6) is 0 Å². The van der Waals surface area contributed by atoms with Crippen molar-refractivity contribution in [3.8, 4) is 0 Å². The first kappa shape index (κ1) is 16.0. The van der Waals surface area contributed by atoms with Gasteiger partial charge in [-0.05, 0) is 24.2 Å². The molecule has 3 unspecified atom stereocenters. The molecule has 5 heteroatoms. The Kier molecular flexibility index (Phi) is 4.96. The summed E-state index contributed by atoms with van der Waals surface area (Å²) in [5.74, 6) is -0.701. The summed E-state index contributed by atoms with van der Waals surface area (Å²) in [5, 5.41) is 9.24. The number of aliphatic carboxylic acids is 1. The molecule has 1 amide bonds. The average Bonchev–Trinajstić information content (AvgIpc) is 2.27. The van der Waals surface area contributed by atoms with Crippen molar-refractivity contribution in [1.82, 2.24) is 4.90 Å². The molecule has 5 nitrogen and oxygen atoms in total. The summed E-state index contributed by atoms with van der Waals surface area (Å²) < 4.78 is 0. The van der Waals surface area contributed by atoms with Crippen LogP contribution in [0.2, 0.25) is 0 Å². The number of rotatable bonds is 3. The summed E-state index contributed by atoms with van der Waals surface area (Å²) in [7, 11) is 0. The first-order chi connectivity index (χ1) is 8.62. The summed E-state index contributed by atoms with van der Waals surface area (Å²) >= 11 is 0. The van der Waals surface area contributed by atoms with E-state index in [-0.39, 0.29) is 23.8 Å². The molecule has 0 aromatic rings. The predicted molar refractivity (Wildman–Crippen MR) is 73.6 cm³/mol. The molecule has 1 saturated heterocycles. The second kappa shape index (κ2) is 5.90. The Hall–Kier alpha value is -1.10. The third-order valence-electron chi connectivity index (χ3n) is 3.98. The van der Waals surface area contributed by atoms with Crippen molar-refractivity contribution in [1.29, 1.82) is 0 Å². The Morgan fingerprint density at radius 2 is 2.00 bits per heavy atom. The van der Waals surface area contributed by atoms with Crippen LogP contribution in [0, 0.1) is 11.3 Å².